The van der Waals surface area contributed by atoms with Crippen LogP contribution in [0.4, 0.5) is 0 Å². The molecule has 0 saturated heterocycles. The van der Waals surface area contributed by atoms with Crippen molar-refractivity contribution in [3.63, 3.8) is 0 Å². The molecule has 3 atom stereocenters. The number of likely N-dealkylation sites (N-methyl/N-ethyl adjacent to an activating group) is 1. The van der Waals surface area contributed by atoms with Crippen molar-refractivity contribution < 1.29 is 14.6 Å². The first-order valence-electron chi connectivity index (χ1n) is 6.70. The van der Waals surface area contributed by atoms with Gasteiger partial charge in [-0.2, -0.15) is 0 Å². The van der Waals surface area contributed by atoms with E-state index in [4.69, 9.17) is 10.5 Å². The fourth-order valence-electron chi connectivity index (χ4n) is 2.69. The number of carbonyl (C=O) groups excluding carboxylic acids is 1. The van der Waals surface area contributed by atoms with Crippen LogP contribution in [0.5, 0.6) is 0 Å². The SMILES string of the molecule is COCC(O)CN(C)C(=O)C1CCCC(CN)C1. The molecule has 0 bridgehead atoms. The Labute approximate surface area is 109 Å². The number of amides is 1. The number of aliphatic hydroxyl groups excluding tert-OH is 1. The minimum Gasteiger partial charge on any atom is -0.389 e. The Morgan fingerprint density at radius 3 is 2.89 bits per heavy atom. The van der Waals surface area contributed by atoms with E-state index in [1.807, 2.05) is 0 Å². The lowest BCUT2D eigenvalue weighted by molar-refractivity contribution is -0.137. The Morgan fingerprint density at radius 2 is 2.28 bits per heavy atom. The van der Waals surface area contributed by atoms with E-state index < -0.39 is 6.10 Å². The van der Waals surface area contributed by atoms with E-state index in [1.54, 1.807) is 11.9 Å². The molecule has 1 aliphatic rings. The number of nitrogens with zero attached hydrogens (tertiary/aromatic N) is 1. The van der Waals surface area contributed by atoms with E-state index in [0.717, 1.165) is 25.7 Å². The quantitative estimate of drug-likeness (QED) is 0.714. The summed E-state index contributed by atoms with van der Waals surface area (Å²) in [6.45, 7) is 1.25. The monoisotopic (exact) mass is 258 g/mol. The molecule has 0 radical (unpaired) electrons. The molecule has 5 nitrogen and oxygen atoms in total. The number of aliphatic hydroxyl groups is 1. The molecule has 0 spiro atoms. The van der Waals surface area contributed by atoms with Gasteiger partial charge in [-0.1, -0.05) is 6.42 Å². The second-order valence-electron chi connectivity index (χ2n) is 5.29. The van der Waals surface area contributed by atoms with Crippen molar-refractivity contribution in [3.05, 3.63) is 0 Å². The maximum atomic E-state index is 12.2. The summed E-state index contributed by atoms with van der Waals surface area (Å²) < 4.78 is 4.86. The van der Waals surface area contributed by atoms with E-state index in [0.29, 0.717) is 19.0 Å². The van der Waals surface area contributed by atoms with Crippen molar-refractivity contribution in [1.29, 1.82) is 0 Å². The van der Waals surface area contributed by atoms with E-state index in [9.17, 15) is 9.90 Å². The summed E-state index contributed by atoms with van der Waals surface area (Å²) in [6, 6.07) is 0. The van der Waals surface area contributed by atoms with Crippen molar-refractivity contribution in [2.75, 3.05) is 33.9 Å². The maximum absolute atomic E-state index is 12.2. The van der Waals surface area contributed by atoms with E-state index in [-0.39, 0.29) is 18.4 Å². The Bertz CT molecular complexity index is 261. The molecule has 3 N–H and O–H groups in total. The lowest BCUT2D eigenvalue weighted by Crippen LogP contribution is -2.41. The maximum Gasteiger partial charge on any atom is 0.225 e. The van der Waals surface area contributed by atoms with Crippen LogP contribution in [0.15, 0.2) is 0 Å². The fourth-order valence-corrected chi connectivity index (χ4v) is 2.69. The highest BCUT2D eigenvalue weighted by molar-refractivity contribution is 5.78. The predicted molar refractivity (Wildman–Crippen MR) is 70.0 cm³/mol. The minimum absolute atomic E-state index is 0.0760. The van der Waals surface area contributed by atoms with E-state index in [2.05, 4.69) is 0 Å². The summed E-state index contributed by atoms with van der Waals surface area (Å²) in [5, 5.41) is 9.63. The molecule has 0 heterocycles. The lowest BCUT2D eigenvalue weighted by atomic mass is 9.81. The molecular formula is C13H26N2O3. The second kappa shape index (κ2) is 7.71. The van der Waals surface area contributed by atoms with Gasteiger partial charge in [-0.05, 0) is 31.7 Å². The van der Waals surface area contributed by atoms with Gasteiger partial charge in [-0.3, -0.25) is 4.79 Å². The summed E-state index contributed by atoms with van der Waals surface area (Å²) in [5.41, 5.74) is 5.68. The van der Waals surface area contributed by atoms with Crippen molar-refractivity contribution in [1.82, 2.24) is 4.90 Å². The van der Waals surface area contributed by atoms with Gasteiger partial charge in [0, 0.05) is 26.6 Å². The number of rotatable bonds is 6. The third-order valence-electron chi connectivity index (χ3n) is 3.69. The van der Waals surface area contributed by atoms with Crippen molar-refractivity contribution in [3.8, 4) is 0 Å². The Kier molecular flexibility index (Phi) is 6.60. The first-order chi connectivity index (χ1) is 8.58. The predicted octanol–water partition coefficient (Wildman–Crippen LogP) is 0.217. The first-order valence-corrected chi connectivity index (χ1v) is 6.70. The lowest BCUT2D eigenvalue weighted by Gasteiger charge is -2.31. The molecule has 3 unspecified atom stereocenters. The highest BCUT2D eigenvalue weighted by atomic mass is 16.5. The van der Waals surface area contributed by atoms with Crippen LogP contribution in [0.25, 0.3) is 0 Å². The summed E-state index contributed by atoms with van der Waals surface area (Å²) in [4.78, 5) is 13.9. The van der Waals surface area contributed by atoms with Crippen molar-refractivity contribution >= 4 is 5.91 Å². The number of nitrogens with two attached hydrogens (primary N) is 1. The summed E-state index contributed by atoms with van der Waals surface area (Å²) in [5.74, 6) is 0.681. The molecule has 0 aromatic heterocycles. The van der Waals surface area contributed by atoms with Gasteiger partial charge in [0.05, 0.1) is 12.7 Å². The standard InChI is InChI=1S/C13H26N2O3/c1-15(8-12(16)9-18-2)13(17)11-5-3-4-10(6-11)7-14/h10-12,16H,3-9,14H2,1-2H3. The van der Waals surface area contributed by atoms with Gasteiger partial charge < -0.3 is 20.5 Å². The molecule has 5 heteroatoms. The minimum atomic E-state index is -0.613. The molecule has 0 aromatic rings. The molecule has 1 saturated carbocycles. The van der Waals surface area contributed by atoms with Gasteiger partial charge in [0.2, 0.25) is 5.91 Å². The molecule has 106 valence electrons. The van der Waals surface area contributed by atoms with Gasteiger partial charge in [-0.15, -0.1) is 0 Å². The van der Waals surface area contributed by atoms with Crippen LogP contribution in [-0.2, 0) is 9.53 Å². The Morgan fingerprint density at radius 1 is 1.56 bits per heavy atom. The van der Waals surface area contributed by atoms with Crippen molar-refractivity contribution in [2.24, 2.45) is 17.6 Å². The number of hydrogen-bond donors (Lipinski definition) is 2. The van der Waals surface area contributed by atoms with Crippen LogP contribution < -0.4 is 5.73 Å². The van der Waals surface area contributed by atoms with E-state index >= 15 is 0 Å². The van der Waals surface area contributed by atoms with Gasteiger partial charge in [0.15, 0.2) is 0 Å². The van der Waals surface area contributed by atoms with Gasteiger partial charge in [-0.25, -0.2) is 0 Å². The van der Waals surface area contributed by atoms with E-state index in [1.165, 1.54) is 7.11 Å². The number of methoxy groups -OCH3 is 1. The zero-order valence-electron chi connectivity index (χ0n) is 11.5. The third kappa shape index (κ3) is 4.55. The normalized spacial score (nSPS) is 25.8. The topological polar surface area (TPSA) is 75.8 Å². The fraction of sp³-hybridized carbons (Fsp3) is 0.923. The highest BCUT2D eigenvalue weighted by Gasteiger charge is 2.29. The van der Waals surface area contributed by atoms with Gasteiger partial charge in [0.25, 0.3) is 0 Å². The molecule has 0 aromatic carbocycles. The molecule has 1 amide bonds. The molecule has 1 rings (SSSR count). The van der Waals surface area contributed by atoms with Crippen LogP contribution >= 0.6 is 0 Å². The Hall–Kier alpha value is -0.650. The highest BCUT2D eigenvalue weighted by Crippen LogP contribution is 2.29. The van der Waals surface area contributed by atoms with Gasteiger partial charge in [0.1, 0.15) is 0 Å². The van der Waals surface area contributed by atoms with Crippen molar-refractivity contribution in [2.45, 2.75) is 31.8 Å². The second-order valence-corrected chi connectivity index (χ2v) is 5.29. The number of carbonyl (C=O) groups is 1. The summed E-state index contributed by atoms with van der Waals surface area (Å²) >= 11 is 0. The molecular weight excluding hydrogens is 232 g/mol. The molecule has 18 heavy (non-hydrogen) atoms. The molecule has 0 aliphatic heterocycles. The number of hydrogen-bond acceptors (Lipinski definition) is 4. The first kappa shape index (κ1) is 15.4. The zero-order chi connectivity index (χ0) is 13.5. The average molecular weight is 258 g/mol. The Balaban J connectivity index is 2.42. The third-order valence-corrected chi connectivity index (χ3v) is 3.69. The average Bonchev–Trinajstić information content (AvgIpc) is 2.38. The zero-order valence-corrected chi connectivity index (χ0v) is 11.5. The smallest absolute Gasteiger partial charge is 0.225 e. The van der Waals surface area contributed by atoms with Crippen LogP contribution in [0.1, 0.15) is 25.7 Å². The number of ether oxygens (including phenoxy) is 1. The van der Waals surface area contributed by atoms with Crippen LogP contribution in [-0.4, -0.2) is 55.9 Å². The largest absolute Gasteiger partial charge is 0.389 e. The summed E-state index contributed by atoms with van der Waals surface area (Å²) in [7, 11) is 3.28. The molecule has 1 fully saturated rings. The summed E-state index contributed by atoms with van der Waals surface area (Å²) in [6.07, 6.45) is 3.43. The molecule has 1 aliphatic carbocycles. The van der Waals surface area contributed by atoms with Crippen LogP contribution in [0.2, 0.25) is 0 Å². The van der Waals surface area contributed by atoms with Gasteiger partial charge >= 0.3 is 0 Å². The van der Waals surface area contributed by atoms with Crippen LogP contribution in [0.3, 0.4) is 0 Å². The van der Waals surface area contributed by atoms with Crippen LogP contribution in [0, 0.1) is 11.8 Å².